The Labute approximate surface area is 181 Å². The summed E-state index contributed by atoms with van der Waals surface area (Å²) in [7, 11) is 0. The number of rotatable bonds is 7. The largest absolute Gasteiger partial charge is 0.477 e. The van der Waals surface area contributed by atoms with Crippen molar-refractivity contribution in [1.29, 1.82) is 0 Å². The van der Waals surface area contributed by atoms with E-state index in [2.05, 4.69) is 42.0 Å². The second kappa shape index (κ2) is 9.32. The molecule has 7 nitrogen and oxygen atoms in total. The number of ether oxygens (including phenoxy) is 2. The number of carboxylic acid groups (broad SMARTS) is 1. The van der Waals surface area contributed by atoms with Gasteiger partial charge in [0.25, 0.3) is 0 Å². The SMILES string of the molecule is Cc1cccc(C)c1-c1ccc(-n2ncc(C(=O)O)c2OCCN2CCOCC2)cc1. The highest BCUT2D eigenvalue weighted by molar-refractivity contribution is 5.90. The fraction of sp³-hybridized carbons (Fsp3) is 0.333. The molecule has 2 heterocycles. The maximum Gasteiger partial charge on any atom is 0.342 e. The molecule has 3 aromatic rings. The molecule has 0 bridgehead atoms. The van der Waals surface area contributed by atoms with Gasteiger partial charge in [-0.3, -0.25) is 4.90 Å². The Morgan fingerprint density at radius 1 is 1.10 bits per heavy atom. The lowest BCUT2D eigenvalue weighted by molar-refractivity contribution is 0.0317. The quantitative estimate of drug-likeness (QED) is 0.629. The van der Waals surface area contributed by atoms with Crippen molar-refractivity contribution in [3.63, 3.8) is 0 Å². The number of carboxylic acids is 1. The van der Waals surface area contributed by atoms with E-state index in [1.807, 2.05) is 24.3 Å². The van der Waals surface area contributed by atoms with E-state index in [9.17, 15) is 9.90 Å². The van der Waals surface area contributed by atoms with Crippen LogP contribution >= 0.6 is 0 Å². The molecule has 162 valence electrons. The first kappa shape index (κ1) is 21.1. The Balaban J connectivity index is 1.56. The van der Waals surface area contributed by atoms with Gasteiger partial charge >= 0.3 is 5.97 Å². The van der Waals surface area contributed by atoms with Crippen LogP contribution in [0.25, 0.3) is 16.8 Å². The van der Waals surface area contributed by atoms with E-state index in [-0.39, 0.29) is 11.4 Å². The maximum absolute atomic E-state index is 11.7. The minimum atomic E-state index is -1.06. The van der Waals surface area contributed by atoms with Crippen molar-refractivity contribution >= 4 is 5.97 Å². The number of carbonyl (C=O) groups is 1. The van der Waals surface area contributed by atoms with E-state index >= 15 is 0 Å². The van der Waals surface area contributed by atoms with E-state index < -0.39 is 5.97 Å². The van der Waals surface area contributed by atoms with Crippen molar-refractivity contribution in [2.75, 3.05) is 39.5 Å². The van der Waals surface area contributed by atoms with E-state index in [4.69, 9.17) is 9.47 Å². The van der Waals surface area contributed by atoms with Gasteiger partial charge in [0.05, 0.1) is 25.1 Å². The highest BCUT2D eigenvalue weighted by Crippen LogP contribution is 2.29. The second-order valence-corrected chi connectivity index (χ2v) is 7.70. The predicted octanol–water partition coefficient (Wildman–Crippen LogP) is 3.57. The molecule has 1 aliphatic rings. The smallest absolute Gasteiger partial charge is 0.342 e. The van der Waals surface area contributed by atoms with Gasteiger partial charge in [0, 0.05) is 19.6 Å². The first-order chi connectivity index (χ1) is 15.0. The number of morpholine rings is 1. The number of hydrogen-bond donors (Lipinski definition) is 1. The van der Waals surface area contributed by atoms with Crippen LogP contribution in [0, 0.1) is 13.8 Å². The van der Waals surface area contributed by atoms with Gasteiger partial charge in [-0.25, -0.2) is 9.48 Å². The molecule has 1 fully saturated rings. The molecule has 1 aromatic heterocycles. The summed E-state index contributed by atoms with van der Waals surface area (Å²) in [5.74, 6) is -0.805. The van der Waals surface area contributed by atoms with Crippen LogP contribution in [-0.4, -0.2) is 65.2 Å². The lowest BCUT2D eigenvalue weighted by Gasteiger charge is -2.26. The summed E-state index contributed by atoms with van der Waals surface area (Å²) < 4.78 is 12.8. The fourth-order valence-electron chi connectivity index (χ4n) is 3.94. The van der Waals surface area contributed by atoms with Gasteiger partial charge in [0.15, 0.2) is 0 Å². The molecule has 0 aliphatic carbocycles. The van der Waals surface area contributed by atoms with Gasteiger partial charge < -0.3 is 14.6 Å². The molecule has 0 amide bonds. The first-order valence-electron chi connectivity index (χ1n) is 10.5. The molecule has 4 rings (SSSR count). The Hall–Kier alpha value is -3.16. The topological polar surface area (TPSA) is 76.8 Å². The van der Waals surface area contributed by atoms with E-state index in [0.29, 0.717) is 26.4 Å². The average Bonchev–Trinajstić information content (AvgIpc) is 3.19. The van der Waals surface area contributed by atoms with Crippen LogP contribution in [0.1, 0.15) is 21.5 Å². The van der Waals surface area contributed by atoms with Crippen molar-refractivity contribution < 1.29 is 19.4 Å². The van der Waals surface area contributed by atoms with Crippen LogP contribution in [-0.2, 0) is 4.74 Å². The van der Waals surface area contributed by atoms with Crippen molar-refractivity contribution in [1.82, 2.24) is 14.7 Å². The zero-order valence-electron chi connectivity index (χ0n) is 17.9. The number of aromatic nitrogens is 2. The third-order valence-electron chi connectivity index (χ3n) is 5.59. The first-order valence-corrected chi connectivity index (χ1v) is 10.5. The predicted molar refractivity (Wildman–Crippen MR) is 118 cm³/mol. The van der Waals surface area contributed by atoms with E-state index in [1.54, 1.807) is 4.68 Å². The molecule has 0 atom stereocenters. The molecule has 0 unspecified atom stereocenters. The van der Waals surface area contributed by atoms with Crippen molar-refractivity contribution in [2.24, 2.45) is 0 Å². The van der Waals surface area contributed by atoms with E-state index in [1.165, 1.54) is 22.9 Å². The summed E-state index contributed by atoms with van der Waals surface area (Å²) in [5.41, 5.74) is 5.56. The lowest BCUT2D eigenvalue weighted by Crippen LogP contribution is -2.38. The second-order valence-electron chi connectivity index (χ2n) is 7.70. The van der Waals surface area contributed by atoms with Crippen LogP contribution in [0.2, 0.25) is 0 Å². The molecule has 2 aromatic carbocycles. The normalized spacial score (nSPS) is 14.5. The number of aromatic carboxylic acids is 1. The van der Waals surface area contributed by atoms with Crippen LogP contribution in [0.3, 0.4) is 0 Å². The molecular weight excluding hydrogens is 394 g/mol. The zero-order chi connectivity index (χ0) is 21.8. The summed E-state index contributed by atoms with van der Waals surface area (Å²) in [6, 6.07) is 14.2. The van der Waals surface area contributed by atoms with Crippen LogP contribution < -0.4 is 4.74 Å². The van der Waals surface area contributed by atoms with Crippen LogP contribution in [0.4, 0.5) is 0 Å². The molecule has 7 heteroatoms. The Bertz CT molecular complexity index is 1030. The van der Waals surface area contributed by atoms with Crippen molar-refractivity contribution in [3.05, 3.63) is 65.4 Å². The minimum Gasteiger partial charge on any atom is -0.477 e. The molecule has 1 saturated heterocycles. The fourth-order valence-corrected chi connectivity index (χ4v) is 3.94. The summed E-state index contributed by atoms with van der Waals surface area (Å²) in [6.45, 7) is 8.43. The molecule has 0 spiro atoms. The Morgan fingerprint density at radius 2 is 1.77 bits per heavy atom. The van der Waals surface area contributed by atoms with Gasteiger partial charge in [-0.15, -0.1) is 0 Å². The molecule has 1 aliphatic heterocycles. The number of hydrogen-bond acceptors (Lipinski definition) is 5. The number of aryl methyl sites for hydroxylation is 2. The van der Waals surface area contributed by atoms with Gasteiger partial charge in [-0.1, -0.05) is 30.3 Å². The summed E-state index contributed by atoms with van der Waals surface area (Å²) in [6.07, 6.45) is 1.34. The third kappa shape index (κ3) is 4.62. The highest BCUT2D eigenvalue weighted by Gasteiger charge is 2.20. The molecule has 0 saturated carbocycles. The van der Waals surface area contributed by atoms with Crippen molar-refractivity contribution in [2.45, 2.75) is 13.8 Å². The zero-order valence-corrected chi connectivity index (χ0v) is 17.9. The number of benzene rings is 2. The van der Waals surface area contributed by atoms with Gasteiger partial charge in [0.2, 0.25) is 5.88 Å². The Morgan fingerprint density at radius 3 is 2.42 bits per heavy atom. The third-order valence-corrected chi connectivity index (χ3v) is 5.59. The average molecular weight is 421 g/mol. The summed E-state index contributed by atoms with van der Waals surface area (Å²) in [5, 5.41) is 13.9. The summed E-state index contributed by atoms with van der Waals surface area (Å²) >= 11 is 0. The molecular formula is C24H27N3O4. The highest BCUT2D eigenvalue weighted by atomic mass is 16.5. The maximum atomic E-state index is 11.7. The van der Waals surface area contributed by atoms with Crippen LogP contribution in [0.15, 0.2) is 48.7 Å². The van der Waals surface area contributed by atoms with Crippen molar-refractivity contribution in [3.8, 4) is 22.7 Å². The summed E-state index contributed by atoms with van der Waals surface area (Å²) in [4.78, 5) is 13.9. The molecule has 1 N–H and O–H groups in total. The van der Waals surface area contributed by atoms with Gasteiger partial charge in [-0.2, -0.15) is 5.10 Å². The monoisotopic (exact) mass is 421 g/mol. The van der Waals surface area contributed by atoms with Crippen LogP contribution in [0.5, 0.6) is 5.88 Å². The van der Waals surface area contributed by atoms with Gasteiger partial charge in [-0.05, 0) is 48.2 Å². The number of nitrogens with zero attached hydrogens (tertiary/aromatic N) is 3. The molecule has 31 heavy (non-hydrogen) atoms. The minimum absolute atomic E-state index is 0.0563. The lowest BCUT2D eigenvalue weighted by atomic mass is 9.96. The Kier molecular flexibility index (Phi) is 6.34. The molecule has 0 radical (unpaired) electrons. The van der Waals surface area contributed by atoms with E-state index in [0.717, 1.165) is 24.3 Å². The van der Waals surface area contributed by atoms with Gasteiger partial charge in [0.1, 0.15) is 12.2 Å². The standard InChI is InChI=1S/C24H27N3O4/c1-17-4-3-5-18(2)22(17)19-6-8-20(9-7-19)27-23(21(16-25-27)24(28)29)31-15-12-26-10-13-30-14-11-26/h3-9,16H,10-15H2,1-2H3,(H,28,29).